The molecule has 2 aromatic rings. The van der Waals surface area contributed by atoms with Crippen LogP contribution in [0.1, 0.15) is 35.4 Å². The molecule has 1 aromatic carbocycles. The molecule has 1 atom stereocenters. The molecule has 1 aromatic heterocycles. The fourth-order valence-electron chi connectivity index (χ4n) is 2.23. The van der Waals surface area contributed by atoms with E-state index in [1.54, 1.807) is 18.4 Å². The summed E-state index contributed by atoms with van der Waals surface area (Å²) in [5.41, 5.74) is 0.801. The highest BCUT2D eigenvalue weighted by Gasteiger charge is 2.09. The Morgan fingerprint density at radius 1 is 1.36 bits per heavy atom. The number of hydrogen-bond acceptors (Lipinski definition) is 5. The second kappa shape index (κ2) is 10.0. The molecule has 1 unspecified atom stereocenters. The number of guanidine groups is 1. The number of aliphatic hydroxyl groups is 1. The maximum absolute atomic E-state index is 10.4. The van der Waals surface area contributed by atoms with E-state index < -0.39 is 6.10 Å². The molecule has 0 aliphatic carbocycles. The maximum atomic E-state index is 10.4. The van der Waals surface area contributed by atoms with Crippen LogP contribution in [0, 0.1) is 0 Å². The zero-order valence-corrected chi connectivity index (χ0v) is 15.8. The molecule has 3 N–H and O–H groups in total. The molecule has 25 heavy (non-hydrogen) atoms. The standard InChI is InChI=1S/C18H26N4O2S/c1-4-15-10-20-17(25-15)12-22-18(19-5-2)21-11-16(23)13-7-6-8-14(9-13)24-3/h6-10,16,23H,4-5,11-12H2,1-3H3,(H2,19,21,22). The molecule has 0 aliphatic rings. The van der Waals surface area contributed by atoms with Gasteiger partial charge in [-0.05, 0) is 31.0 Å². The van der Waals surface area contributed by atoms with Gasteiger partial charge in [-0.25, -0.2) is 9.98 Å². The van der Waals surface area contributed by atoms with Crippen LogP contribution < -0.4 is 15.4 Å². The molecular formula is C18H26N4O2S. The van der Waals surface area contributed by atoms with E-state index in [0.29, 0.717) is 19.0 Å². The Balaban J connectivity index is 1.94. The van der Waals surface area contributed by atoms with Crippen LogP contribution >= 0.6 is 11.3 Å². The first-order chi connectivity index (χ1) is 12.2. The van der Waals surface area contributed by atoms with Gasteiger partial charge in [0.15, 0.2) is 5.96 Å². The average Bonchev–Trinajstić information content (AvgIpc) is 3.12. The van der Waals surface area contributed by atoms with Crippen molar-refractivity contribution in [2.24, 2.45) is 4.99 Å². The molecule has 1 heterocycles. The SMILES string of the molecule is CCNC(=NCc1ncc(CC)s1)NCC(O)c1cccc(OC)c1. The summed E-state index contributed by atoms with van der Waals surface area (Å²) in [6.45, 7) is 5.76. The van der Waals surface area contributed by atoms with Crippen molar-refractivity contribution in [3.05, 3.63) is 45.9 Å². The Morgan fingerprint density at radius 3 is 2.88 bits per heavy atom. The molecular weight excluding hydrogens is 336 g/mol. The Kier molecular flexibility index (Phi) is 7.69. The summed E-state index contributed by atoms with van der Waals surface area (Å²) >= 11 is 1.68. The first kappa shape index (κ1) is 19.2. The predicted molar refractivity (Wildman–Crippen MR) is 102 cm³/mol. The van der Waals surface area contributed by atoms with Crippen molar-refractivity contribution in [2.75, 3.05) is 20.2 Å². The van der Waals surface area contributed by atoms with E-state index in [1.807, 2.05) is 37.4 Å². The van der Waals surface area contributed by atoms with Gasteiger partial charge in [0.05, 0.1) is 19.8 Å². The second-order valence-electron chi connectivity index (χ2n) is 5.44. The van der Waals surface area contributed by atoms with Crippen LogP contribution in [0.25, 0.3) is 0 Å². The normalized spacial score (nSPS) is 12.7. The van der Waals surface area contributed by atoms with Crippen LogP contribution in [-0.4, -0.2) is 36.2 Å². The average molecular weight is 362 g/mol. The highest BCUT2D eigenvalue weighted by Crippen LogP contribution is 2.18. The van der Waals surface area contributed by atoms with Crippen LogP contribution in [0.3, 0.4) is 0 Å². The molecule has 7 heteroatoms. The number of thiazole rings is 1. The number of aromatic nitrogens is 1. The zero-order valence-electron chi connectivity index (χ0n) is 15.0. The van der Waals surface area contributed by atoms with Gasteiger partial charge in [-0.2, -0.15) is 0 Å². The van der Waals surface area contributed by atoms with Crippen molar-refractivity contribution in [2.45, 2.75) is 32.9 Å². The van der Waals surface area contributed by atoms with E-state index >= 15 is 0 Å². The number of hydrogen-bond donors (Lipinski definition) is 3. The maximum Gasteiger partial charge on any atom is 0.191 e. The van der Waals surface area contributed by atoms with Crippen molar-refractivity contribution in [3.8, 4) is 5.75 Å². The van der Waals surface area contributed by atoms with Crippen LogP contribution in [0.15, 0.2) is 35.5 Å². The summed E-state index contributed by atoms with van der Waals surface area (Å²) in [5, 5.41) is 17.7. The lowest BCUT2D eigenvalue weighted by Crippen LogP contribution is -2.39. The third kappa shape index (κ3) is 6.03. The quantitative estimate of drug-likeness (QED) is 0.497. The van der Waals surface area contributed by atoms with Crippen LogP contribution in [0.4, 0.5) is 0 Å². The van der Waals surface area contributed by atoms with Gasteiger partial charge in [-0.1, -0.05) is 19.1 Å². The molecule has 0 aliphatic heterocycles. The molecule has 0 spiro atoms. The van der Waals surface area contributed by atoms with Crippen molar-refractivity contribution in [3.63, 3.8) is 0 Å². The van der Waals surface area contributed by atoms with Gasteiger partial charge in [0.2, 0.25) is 0 Å². The van der Waals surface area contributed by atoms with Gasteiger partial charge in [0, 0.05) is 24.2 Å². The number of methoxy groups -OCH3 is 1. The summed E-state index contributed by atoms with van der Waals surface area (Å²) in [7, 11) is 1.61. The Labute approximate surface area is 153 Å². The fraction of sp³-hybridized carbons (Fsp3) is 0.444. The zero-order chi connectivity index (χ0) is 18.1. The molecule has 136 valence electrons. The van der Waals surface area contributed by atoms with E-state index in [0.717, 1.165) is 29.3 Å². The number of nitrogens with one attached hydrogen (secondary N) is 2. The number of aryl methyl sites for hydroxylation is 1. The molecule has 6 nitrogen and oxygen atoms in total. The first-order valence-electron chi connectivity index (χ1n) is 8.44. The van der Waals surface area contributed by atoms with Gasteiger partial charge in [-0.15, -0.1) is 11.3 Å². The van der Waals surface area contributed by atoms with Gasteiger partial charge in [0.1, 0.15) is 10.8 Å². The number of ether oxygens (including phenoxy) is 1. The summed E-state index contributed by atoms with van der Waals surface area (Å²) in [4.78, 5) is 10.2. The lowest BCUT2D eigenvalue weighted by molar-refractivity contribution is 0.180. The number of rotatable bonds is 8. The largest absolute Gasteiger partial charge is 0.497 e. The van der Waals surface area contributed by atoms with E-state index in [9.17, 15) is 5.11 Å². The molecule has 0 saturated carbocycles. The van der Waals surface area contributed by atoms with Crippen LogP contribution in [0.2, 0.25) is 0 Å². The number of aliphatic hydroxyl groups excluding tert-OH is 1. The molecule has 0 bridgehead atoms. The molecule has 0 radical (unpaired) electrons. The Hall–Kier alpha value is -2.12. The van der Waals surface area contributed by atoms with Crippen LogP contribution in [0.5, 0.6) is 5.75 Å². The second-order valence-corrected chi connectivity index (χ2v) is 6.64. The van der Waals surface area contributed by atoms with E-state index in [1.165, 1.54) is 4.88 Å². The third-order valence-corrected chi connectivity index (χ3v) is 4.73. The van der Waals surface area contributed by atoms with E-state index in [4.69, 9.17) is 4.74 Å². The van der Waals surface area contributed by atoms with Crippen molar-refractivity contribution >= 4 is 17.3 Å². The third-order valence-electron chi connectivity index (χ3n) is 3.61. The molecule has 0 saturated heterocycles. The predicted octanol–water partition coefficient (Wildman–Crippen LogP) is 2.50. The Morgan fingerprint density at radius 2 is 2.20 bits per heavy atom. The highest BCUT2D eigenvalue weighted by atomic mass is 32.1. The molecule has 0 fully saturated rings. The van der Waals surface area contributed by atoms with Crippen molar-refractivity contribution < 1.29 is 9.84 Å². The number of aliphatic imine (C=N–C) groups is 1. The number of benzene rings is 1. The topological polar surface area (TPSA) is 78.8 Å². The molecule has 0 amide bonds. The monoisotopic (exact) mass is 362 g/mol. The van der Waals surface area contributed by atoms with Crippen LogP contribution in [-0.2, 0) is 13.0 Å². The minimum atomic E-state index is -0.648. The summed E-state index contributed by atoms with van der Waals surface area (Å²) < 4.78 is 5.19. The minimum Gasteiger partial charge on any atom is -0.497 e. The fourth-order valence-corrected chi connectivity index (χ4v) is 3.02. The minimum absolute atomic E-state index is 0.358. The van der Waals surface area contributed by atoms with Gasteiger partial charge >= 0.3 is 0 Å². The van der Waals surface area contributed by atoms with E-state index in [2.05, 4.69) is 27.5 Å². The first-order valence-corrected chi connectivity index (χ1v) is 9.25. The van der Waals surface area contributed by atoms with Gasteiger partial charge in [-0.3, -0.25) is 0 Å². The van der Waals surface area contributed by atoms with E-state index in [-0.39, 0.29) is 0 Å². The number of nitrogens with zero attached hydrogens (tertiary/aromatic N) is 2. The van der Waals surface area contributed by atoms with Gasteiger partial charge < -0.3 is 20.5 Å². The summed E-state index contributed by atoms with van der Waals surface area (Å²) in [6.07, 6.45) is 2.25. The summed E-state index contributed by atoms with van der Waals surface area (Å²) in [6, 6.07) is 7.43. The summed E-state index contributed by atoms with van der Waals surface area (Å²) in [5.74, 6) is 1.39. The smallest absolute Gasteiger partial charge is 0.191 e. The molecule has 2 rings (SSSR count). The van der Waals surface area contributed by atoms with Gasteiger partial charge in [0.25, 0.3) is 0 Å². The lowest BCUT2D eigenvalue weighted by atomic mass is 10.1. The highest BCUT2D eigenvalue weighted by molar-refractivity contribution is 7.11. The van der Waals surface area contributed by atoms with Crippen molar-refractivity contribution in [1.82, 2.24) is 15.6 Å². The van der Waals surface area contributed by atoms with Crippen molar-refractivity contribution in [1.29, 1.82) is 0 Å². The Bertz CT molecular complexity index is 687. The lowest BCUT2D eigenvalue weighted by Gasteiger charge is -2.16.